The minimum atomic E-state index is -4.57. The fraction of sp³-hybridized carbons (Fsp3) is 0.435. The zero-order valence-corrected chi connectivity index (χ0v) is 19.4. The predicted octanol–water partition coefficient (Wildman–Crippen LogP) is 2.92. The lowest BCUT2D eigenvalue weighted by atomic mass is 9.94. The van der Waals surface area contributed by atoms with Gasteiger partial charge in [-0.05, 0) is 31.7 Å². The Balaban J connectivity index is 1.57. The molecule has 0 saturated carbocycles. The summed E-state index contributed by atoms with van der Waals surface area (Å²) in [4.78, 5) is 19.7. The second-order valence-corrected chi connectivity index (χ2v) is 8.35. The predicted molar refractivity (Wildman–Crippen MR) is 127 cm³/mol. The SMILES string of the molecule is C=N/C=C(/c1nccc(N2CCCC(c3cc(CCO)n(C)n3)C2)n1)N1C=C(C(F)(F)F)N=CC1. The molecule has 1 unspecified atom stereocenters. The van der Waals surface area contributed by atoms with Crippen LogP contribution in [0.2, 0.25) is 0 Å². The van der Waals surface area contributed by atoms with Crippen molar-refractivity contribution in [3.63, 3.8) is 0 Å². The molecule has 0 radical (unpaired) electrons. The second kappa shape index (κ2) is 10.4. The lowest BCUT2D eigenvalue weighted by Crippen LogP contribution is -2.35. The van der Waals surface area contributed by atoms with Crippen LogP contribution in [-0.2, 0) is 13.5 Å². The van der Waals surface area contributed by atoms with Gasteiger partial charge < -0.3 is 14.9 Å². The number of aliphatic hydroxyl groups excluding tert-OH is 1. The molecule has 1 N–H and O–H groups in total. The van der Waals surface area contributed by atoms with Crippen LogP contribution >= 0.6 is 0 Å². The fourth-order valence-electron chi connectivity index (χ4n) is 4.28. The van der Waals surface area contributed by atoms with Crippen LogP contribution < -0.4 is 4.90 Å². The molecule has 0 aromatic carbocycles. The van der Waals surface area contributed by atoms with Crippen LogP contribution in [0.4, 0.5) is 19.0 Å². The first kappa shape index (κ1) is 24.6. The van der Waals surface area contributed by atoms with Gasteiger partial charge in [0.2, 0.25) is 0 Å². The van der Waals surface area contributed by atoms with Gasteiger partial charge in [0.05, 0.1) is 18.4 Å². The molecule has 12 heteroatoms. The van der Waals surface area contributed by atoms with Gasteiger partial charge in [-0.1, -0.05) is 0 Å². The number of allylic oxidation sites excluding steroid dienone is 1. The maximum Gasteiger partial charge on any atom is 0.434 e. The number of anilines is 1. The van der Waals surface area contributed by atoms with E-state index in [4.69, 9.17) is 0 Å². The Bertz CT molecular complexity index is 1150. The van der Waals surface area contributed by atoms with Crippen molar-refractivity contribution in [3.05, 3.63) is 53.6 Å². The van der Waals surface area contributed by atoms with Crippen LogP contribution in [-0.4, -0.2) is 75.1 Å². The molecule has 1 saturated heterocycles. The highest BCUT2D eigenvalue weighted by Crippen LogP contribution is 2.32. The van der Waals surface area contributed by atoms with Gasteiger partial charge in [-0.2, -0.15) is 18.3 Å². The topological polar surface area (TPSA) is 95.0 Å². The van der Waals surface area contributed by atoms with E-state index in [1.807, 2.05) is 13.1 Å². The monoisotopic (exact) mass is 488 g/mol. The Morgan fingerprint density at radius 2 is 2.20 bits per heavy atom. The fourth-order valence-corrected chi connectivity index (χ4v) is 4.28. The van der Waals surface area contributed by atoms with Crippen LogP contribution in [0.25, 0.3) is 5.70 Å². The second-order valence-electron chi connectivity index (χ2n) is 8.35. The first-order valence-electron chi connectivity index (χ1n) is 11.3. The molecule has 2 aromatic heterocycles. The zero-order chi connectivity index (χ0) is 25.0. The number of nitrogens with zero attached hydrogens (tertiary/aromatic N) is 8. The zero-order valence-electron chi connectivity index (χ0n) is 19.4. The molecule has 0 spiro atoms. The summed E-state index contributed by atoms with van der Waals surface area (Å²) in [5, 5.41) is 13.9. The molecule has 9 nitrogen and oxygen atoms in total. The van der Waals surface area contributed by atoms with E-state index in [0.717, 1.165) is 37.0 Å². The van der Waals surface area contributed by atoms with E-state index in [1.54, 1.807) is 16.9 Å². The van der Waals surface area contributed by atoms with Crippen LogP contribution in [0, 0.1) is 0 Å². The summed E-state index contributed by atoms with van der Waals surface area (Å²) in [6.07, 6.45) is 2.94. The highest BCUT2D eigenvalue weighted by molar-refractivity contribution is 5.70. The molecule has 2 aliphatic heterocycles. The lowest BCUT2D eigenvalue weighted by Gasteiger charge is -2.33. The maximum absolute atomic E-state index is 13.2. The average Bonchev–Trinajstić information content (AvgIpc) is 3.23. The smallest absolute Gasteiger partial charge is 0.396 e. The first-order chi connectivity index (χ1) is 16.8. The Morgan fingerprint density at radius 1 is 1.37 bits per heavy atom. The van der Waals surface area contributed by atoms with E-state index in [-0.39, 0.29) is 24.9 Å². The molecule has 4 heterocycles. The van der Waals surface area contributed by atoms with Crippen LogP contribution in [0.15, 0.2) is 46.4 Å². The van der Waals surface area contributed by atoms with Crippen LogP contribution in [0.1, 0.15) is 36.0 Å². The Morgan fingerprint density at radius 3 is 2.94 bits per heavy atom. The van der Waals surface area contributed by atoms with Gasteiger partial charge in [-0.15, -0.1) is 0 Å². The highest BCUT2D eigenvalue weighted by atomic mass is 19.4. The molecule has 0 aliphatic carbocycles. The van der Waals surface area contributed by atoms with Crippen LogP contribution in [0.3, 0.4) is 0 Å². The number of aliphatic imine (C=N–C) groups is 2. The third kappa shape index (κ3) is 5.59. The molecule has 2 aliphatic rings. The molecule has 35 heavy (non-hydrogen) atoms. The van der Waals surface area contributed by atoms with Gasteiger partial charge >= 0.3 is 6.18 Å². The van der Waals surface area contributed by atoms with Crippen molar-refractivity contribution < 1.29 is 18.3 Å². The molecule has 1 atom stereocenters. The quantitative estimate of drug-likeness (QED) is 0.603. The van der Waals surface area contributed by atoms with Crippen molar-refractivity contribution >= 4 is 24.4 Å². The molecular weight excluding hydrogens is 461 g/mol. The minimum absolute atomic E-state index is 0.0669. The van der Waals surface area contributed by atoms with E-state index in [1.165, 1.54) is 17.3 Å². The number of alkyl halides is 3. The van der Waals surface area contributed by atoms with Crippen LogP contribution in [0.5, 0.6) is 0 Å². The summed E-state index contributed by atoms with van der Waals surface area (Å²) in [7, 11) is 1.87. The summed E-state index contributed by atoms with van der Waals surface area (Å²) < 4.78 is 41.4. The third-order valence-corrected chi connectivity index (χ3v) is 6.00. The average molecular weight is 489 g/mol. The summed E-state index contributed by atoms with van der Waals surface area (Å²) in [6, 6.07) is 3.82. The summed E-state index contributed by atoms with van der Waals surface area (Å²) in [5.74, 6) is 1.11. The van der Waals surface area contributed by atoms with Gasteiger partial charge in [-0.25, -0.2) is 9.97 Å². The van der Waals surface area contributed by atoms with Gasteiger partial charge in [-0.3, -0.25) is 14.7 Å². The Kier molecular flexibility index (Phi) is 7.29. The Labute approximate surface area is 201 Å². The lowest BCUT2D eigenvalue weighted by molar-refractivity contribution is -0.0934. The van der Waals surface area contributed by atoms with Gasteiger partial charge in [0, 0.05) is 63.4 Å². The summed E-state index contributed by atoms with van der Waals surface area (Å²) in [6.45, 7) is 5.12. The van der Waals surface area contributed by atoms with E-state index in [9.17, 15) is 18.3 Å². The number of aryl methyl sites for hydroxylation is 1. The summed E-state index contributed by atoms with van der Waals surface area (Å²) >= 11 is 0. The number of halogens is 3. The van der Waals surface area contributed by atoms with E-state index in [0.29, 0.717) is 24.5 Å². The number of hydrogen-bond acceptors (Lipinski definition) is 8. The molecule has 0 amide bonds. The number of aromatic nitrogens is 4. The van der Waals surface area contributed by atoms with E-state index in [2.05, 4.69) is 36.7 Å². The van der Waals surface area contributed by atoms with E-state index >= 15 is 0 Å². The third-order valence-electron chi connectivity index (χ3n) is 6.00. The van der Waals surface area contributed by atoms with Crippen molar-refractivity contribution in [2.75, 3.05) is 31.1 Å². The first-order valence-corrected chi connectivity index (χ1v) is 11.3. The van der Waals surface area contributed by atoms with Gasteiger partial charge in [0.25, 0.3) is 0 Å². The standard InChI is InChI=1S/C23H27F3N8O/c1-27-13-19(33-10-8-28-20(15-33)23(24,25)26)22-29-7-5-21(30-22)34-9-3-4-16(14-34)18-12-17(6-11-35)32(2)31-18/h5,7-8,12-13,15-16,35H,1,3-4,6,9-11,14H2,2H3/b19-13-. The maximum atomic E-state index is 13.2. The van der Waals surface area contributed by atoms with Crippen molar-refractivity contribution in [3.8, 4) is 0 Å². The van der Waals surface area contributed by atoms with E-state index < -0.39 is 11.9 Å². The highest BCUT2D eigenvalue weighted by Gasteiger charge is 2.36. The molecular formula is C23H27F3N8O. The number of hydrogen-bond donors (Lipinski definition) is 1. The van der Waals surface area contributed by atoms with Crippen molar-refractivity contribution in [1.29, 1.82) is 0 Å². The molecule has 0 bridgehead atoms. The Hall–Kier alpha value is -3.54. The molecule has 4 rings (SSSR count). The largest absolute Gasteiger partial charge is 0.434 e. The number of aliphatic hydroxyl groups is 1. The number of rotatable bonds is 7. The van der Waals surface area contributed by atoms with Crippen molar-refractivity contribution in [1.82, 2.24) is 24.6 Å². The normalized spacial score (nSPS) is 19.2. The minimum Gasteiger partial charge on any atom is -0.396 e. The van der Waals surface area contributed by atoms with Gasteiger partial charge in [0.1, 0.15) is 11.5 Å². The summed E-state index contributed by atoms with van der Waals surface area (Å²) in [5.41, 5.74) is 1.24. The van der Waals surface area contributed by atoms with Gasteiger partial charge in [0.15, 0.2) is 11.5 Å². The van der Waals surface area contributed by atoms with Crippen molar-refractivity contribution in [2.24, 2.45) is 17.0 Å². The van der Waals surface area contributed by atoms with Crippen molar-refractivity contribution in [2.45, 2.75) is 31.4 Å². The molecule has 2 aromatic rings. The molecule has 1 fully saturated rings. The molecule has 186 valence electrons. The number of piperidine rings is 1.